The van der Waals surface area contributed by atoms with E-state index in [1.54, 1.807) is 28.3 Å². The van der Waals surface area contributed by atoms with E-state index in [9.17, 15) is 14.7 Å². The molecule has 7 heteroatoms. The molecule has 2 N–H and O–H groups in total. The average Bonchev–Trinajstić information content (AvgIpc) is 3.28. The van der Waals surface area contributed by atoms with Crippen LogP contribution in [0.4, 0.5) is 5.69 Å². The number of carboxylic acid groups (broad SMARTS) is 1. The van der Waals surface area contributed by atoms with Crippen LogP contribution >= 0.6 is 11.3 Å². The number of carbonyl (C=O) groups excluding carboxylic acids is 1. The smallest absolute Gasteiger partial charge is 0.339 e. The molecule has 0 spiro atoms. The normalized spacial score (nSPS) is 10.8. The Labute approximate surface area is 183 Å². The molecule has 4 aromatic rings. The molecule has 0 fully saturated rings. The number of nitrogens with one attached hydrogen (secondary N) is 1. The predicted molar refractivity (Wildman–Crippen MR) is 122 cm³/mol. The minimum Gasteiger partial charge on any atom is -0.478 e. The number of carbonyl (C=O) groups is 2. The number of anilines is 1. The van der Waals surface area contributed by atoms with Crippen molar-refractivity contribution >= 4 is 28.9 Å². The number of thiophene rings is 1. The minimum atomic E-state index is -1.10. The van der Waals surface area contributed by atoms with Crippen LogP contribution in [0.1, 0.15) is 37.7 Å². The van der Waals surface area contributed by atoms with Crippen molar-refractivity contribution < 1.29 is 14.7 Å². The second-order valence-corrected chi connectivity index (χ2v) is 8.16. The fourth-order valence-corrected chi connectivity index (χ4v) is 4.76. The van der Waals surface area contributed by atoms with E-state index in [4.69, 9.17) is 0 Å². The standard InChI is InChI=1S/C24H21N3O3S/c1-14-8-7-9-17(12-14)23(28)25-19-13-31-22(21(19)24(29)30)20-15(2)26-27(16(20)3)18-10-5-4-6-11-18/h4-13H,1-3H3,(H,25,28)(H,29,30). The van der Waals surface area contributed by atoms with Crippen molar-refractivity contribution in [1.82, 2.24) is 9.78 Å². The third kappa shape index (κ3) is 3.87. The first-order valence-electron chi connectivity index (χ1n) is 9.71. The molecular weight excluding hydrogens is 410 g/mol. The molecule has 0 unspecified atom stereocenters. The number of aromatic nitrogens is 2. The minimum absolute atomic E-state index is 0.0739. The number of benzene rings is 2. The molecule has 0 bridgehead atoms. The molecule has 0 radical (unpaired) electrons. The number of aromatic carboxylic acids is 1. The Hall–Kier alpha value is -3.71. The van der Waals surface area contributed by atoms with E-state index in [0.717, 1.165) is 28.2 Å². The first-order valence-corrected chi connectivity index (χ1v) is 10.6. The van der Waals surface area contributed by atoms with Crippen molar-refractivity contribution in [2.45, 2.75) is 20.8 Å². The maximum atomic E-state index is 12.7. The molecule has 2 aromatic heterocycles. The van der Waals surface area contributed by atoms with Crippen LogP contribution in [0.5, 0.6) is 0 Å². The lowest BCUT2D eigenvalue weighted by Crippen LogP contribution is -2.14. The summed E-state index contributed by atoms with van der Waals surface area (Å²) >= 11 is 1.29. The third-order valence-corrected chi connectivity index (χ3v) is 6.05. The molecule has 2 aromatic carbocycles. The highest BCUT2D eigenvalue weighted by Crippen LogP contribution is 2.40. The fourth-order valence-electron chi connectivity index (χ4n) is 3.62. The van der Waals surface area contributed by atoms with Gasteiger partial charge in [0.05, 0.1) is 27.6 Å². The van der Waals surface area contributed by atoms with E-state index in [2.05, 4.69) is 10.4 Å². The average molecular weight is 432 g/mol. The molecule has 0 aliphatic heterocycles. The van der Waals surface area contributed by atoms with Gasteiger partial charge in [0.2, 0.25) is 0 Å². The summed E-state index contributed by atoms with van der Waals surface area (Å²) in [5.41, 5.74) is 5.02. The van der Waals surface area contributed by atoms with Gasteiger partial charge in [-0.1, -0.05) is 35.9 Å². The van der Waals surface area contributed by atoms with Gasteiger partial charge in [0, 0.05) is 16.5 Å². The highest BCUT2D eigenvalue weighted by molar-refractivity contribution is 7.14. The van der Waals surface area contributed by atoms with E-state index in [1.165, 1.54) is 11.3 Å². The highest BCUT2D eigenvalue weighted by atomic mass is 32.1. The topological polar surface area (TPSA) is 84.2 Å². The molecule has 4 rings (SSSR count). The van der Waals surface area contributed by atoms with Crippen LogP contribution in [-0.4, -0.2) is 26.8 Å². The van der Waals surface area contributed by atoms with Crippen LogP contribution in [0.3, 0.4) is 0 Å². The Morgan fingerprint density at radius 3 is 2.45 bits per heavy atom. The van der Waals surface area contributed by atoms with Crippen LogP contribution in [0.25, 0.3) is 16.1 Å². The predicted octanol–water partition coefficient (Wildman–Crippen LogP) is 5.48. The molecule has 0 atom stereocenters. The largest absolute Gasteiger partial charge is 0.478 e. The fraction of sp³-hybridized carbons (Fsp3) is 0.125. The number of aryl methyl sites for hydroxylation is 2. The summed E-state index contributed by atoms with van der Waals surface area (Å²) in [5.74, 6) is -1.44. The number of rotatable bonds is 5. The van der Waals surface area contributed by atoms with Gasteiger partial charge in [-0.05, 0) is 45.0 Å². The maximum absolute atomic E-state index is 12.7. The van der Waals surface area contributed by atoms with Crippen molar-refractivity contribution in [3.63, 3.8) is 0 Å². The van der Waals surface area contributed by atoms with E-state index in [0.29, 0.717) is 10.4 Å². The molecule has 31 heavy (non-hydrogen) atoms. The molecular formula is C24H21N3O3S. The van der Waals surface area contributed by atoms with Gasteiger partial charge in [0.15, 0.2) is 0 Å². The summed E-state index contributed by atoms with van der Waals surface area (Å²) in [6.45, 7) is 5.68. The molecule has 6 nitrogen and oxygen atoms in total. The lowest BCUT2D eigenvalue weighted by Gasteiger charge is -2.08. The van der Waals surface area contributed by atoms with Crippen LogP contribution < -0.4 is 5.32 Å². The first kappa shape index (κ1) is 20.6. The molecule has 156 valence electrons. The number of para-hydroxylation sites is 1. The van der Waals surface area contributed by atoms with Gasteiger partial charge in [-0.25, -0.2) is 9.48 Å². The van der Waals surface area contributed by atoms with Gasteiger partial charge in [-0.15, -0.1) is 11.3 Å². The summed E-state index contributed by atoms with van der Waals surface area (Å²) < 4.78 is 1.81. The Kier molecular flexibility index (Phi) is 5.44. The van der Waals surface area contributed by atoms with Crippen LogP contribution in [-0.2, 0) is 0 Å². The van der Waals surface area contributed by atoms with E-state index < -0.39 is 5.97 Å². The van der Waals surface area contributed by atoms with Crippen molar-refractivity contribution in [2.75, 3.05) is 5.32 Å². The Bertz CT molecular complexity index is 1290. The Morgan fingerprint density at radius 2 is 1.77 bits per heavy atom. The lowest BCUT2D eigenvalue weighted by molar-refractivity contribution is 0.0699. The lowest BCUT2D eigenvalue weighted by atomic mass is 10.1. The van der Waals surface area contributed by atoms with Gasteiger partial charge in [-0.2, -0.15) is 5.10 Å². The van der Waals surface area contributed by atoms with Crippen molar-refractivity contribution in [2.24, 2.45) is 0 Å². The van der Waals surface area contributed by atoms with Gasteiger partial charge in [-0.3, -0.25) is 4.79 Å². The number of carboxylic acids is 1. The summed E-state index contributed by atoms with van der Waals surface area (Å²) in [4.78, 5) is 25.4. The summed E-state index contributed by atoms with van der Waals surface area (Å²) in [5, 5.41) is 19.0. The van der Waals surface area contributed by atoms with E-state index >= 15 is 0 Å². The molecule has 1 amide bonds. The van der Waals surface area contributed by atoms with Crippen LogP contribution in [0, 0.1) is 20.8 Å². The molecule has 0 aliphatic carbocycles. The summed E-state index contributed by atoms with van der Waals surface area (Å²) in [6.07, 6.45) is 0. The maximum Gasteiger partial charge on any atom is 0.339 e. The van der Waals surface area contributed by atoms with Crippen molar-refractivity contribution in [1.29, 1.82) is 0 Å². The number of hydrogen-bond acceptors (Lipinski definition) is 4. The second-order valence-electron chi connectivity index (χ2n) is 7.28. The number of amides is 1. The number of nitrogens with zero attached hydrogens (tertiary/aromatic N) is 2. The van der Waals surface area contributed by atoms with Crippen molar-refractivity contribution in [3.8, 4) is 16.1 Å². The monoisotopic (exact) mass is 431 g/mol. The Morgan fingerprint density at radius 1 is 1.03 bits per heavy atom. The summed E-state index contributed by atoms with van der Waals surface area (Å²) in [7, 11) is 0. The highest BCUT2D eigenvalue weighted by Gasteiger charge is 2.26. The van der Waals surface area contributed by atoms with Crippen LogP contribution in [0.15, 0.2) is 60.0 Å². The first-order chi connectivity index (χ1) is 14.9. The third-order valence-electron chi connectivity index (χ3n) is 5.05. The Balaban J connectivity index is 1.76. The van der Waals surface area contributed by atoms with Crippen LogP contribution in [0.2, 0.25) is 0 Å². The van der Waals surface area contributed by atoms with Gasteiger partial charge in [0.1, 0.15) is 5.56 Å². The summed E-state index contributed by atoms with van der Waals surface area (Å²) in [6, 6.07) is 16.9. The zero-order valence-corrected chi connectivity index (χ0v) is 18.2. The quantitative estimate of drug-likeness (QED) is 0.438. The number of hydrogen-bond donors (Lipinski definition) is 2. The van der Waals surface area contributed by atoms with E-state index in [-0.39, 0.29) is 17.2 Å². The zero-order valence-electron chi connectivity index (χ0n) is 17.3. The van der Waals surface area contributed by atoms with Gasteiger partial charge in [0.25, 0.3) is 5.91 Å². The molecule has 0 saturated heterocycles. The zero-order chi connectivity index (χ0) is 22.1. The SMILES string of the molecule is Cc1cccc(C(=O)Nc2csc(-c3c(C)nn(-c4ccccc4)c3C)c2C(=O)O)c1. The van der Waals surface area contributed by atoms with Gasteiger partial charge < -0.3 is 10.4 Å². The van der Waals surface area contributed by atoms with E-state index in [1.807, 2.05) is 57.2 Å². The second kappa shape index (κ2) is 8.20. The molecule has 0 aliphatic rings. The van der Waals surface area contributed by atoms with Gasteiger partial charge >= 0.3 is 5.97 Å². The molecule has 0 saturated carbocycles. The molecule has 2 heterocycles. The van der Waals surface area contributed by atoms with Crippen molar-refractivity contribution in [3.05, 3.63) is 88.1 Å².